The van der Waals surface area contributed by atoms with E-state index in [-0.39, 0.29) is 5.91 Å². The molecule has 1 aromatic rings. The molecule has 21 heavy (non-hydrogen) atoms. The lowest BCUT2D eigenvalue weighted by atomic mass is 10.1. The molecule has 1 fully saturated rings. The summed E-state index contributed by atoms with van der Waals surface area (Å²) in [6.07, 6.45) is 4.49. The molecule has 0 radical (unpaired) electrons. The predicted octanol–water partition coefficient (Wildman–Crippen LogP) is 1.40. The van der Waals surface area contributed by atoms with Gasteiger partial charge in [-0.1, -0.05) is 30.3 Å². The Morgan fingerprint density at radius 2 is 2.10 bits per heavy atom. The largest absolute Gasteiger partial charge is 0.355 e. The van der Waals surface area contributed by atoms with Crippen LogP contribution in [0.2, 0.25) is 0 Å². The second-order valence-corrected chi connectivity index (χ2v) is 5.99. The molecule has 0 saturated heterocycles. The second kappa shape index (κ2) is 8.15. The Kier molecular flexibility index (Phi) is 6.21. The van der Waals surface area contributed by atoms with Crippen LogP contribution in [-0.4, -0.2) is 43.5 Å². The Hall–Kier alpha value is -1.39. The molecule has 1 aliphatic rings. The fraction of sp³-hybridized carbons (Fsp3) is 0.588. The van der Waals surface area contributed by atoms with Gasteiger partial charge in [-0.3, -0.25) is 9.69 Å². The van der Waals surface area contributed by atoms with Gasteiger partial charge in [0.25, 0.3) is 0 Å². The van der Waals surface area contributed by atoms with E-state index < -0.39 is 0 Å². The molecular weight excluding hydrogens is 262 g/mol. The zero-order chi connectivity index (χ0) is 15.1. The molecular formula is C17H27N3O. The summed E-state index contributed by atoms with van der Waals surface area (Å²) in [5.74, 6) is 0.801. The molecule has 0 bridgehead atoms. The van der Waals surface area contributed by atoms with Crippen molar-refractivity contribution in [1.82, 2.24) is 10.2 Å². The van der Waals surface area contributed by atoms with Crippen LogP contribution in [0.3, 0.4) is 0 Å². The number of benzene rings is 1. The van der Waals surface area contributed by atoms with Gasteiger partial charge in [-0.25, -0.2) is 0 Å². The number of likely N-dealkylation sites (N-methyl/N-ethyl adjacent to an activating group) is 1. The van der Waals surface area contributed by atoms with Crippen LogP contribution in [0.1, 0.15) is 24.8 Å². The first-order valence-electron chi connectivity index (χ1n) is 7.91. The van der Waals surface area contributed by atoms with E-state index >= 15 is 0 Å². The Balaban J connectivity index is 1.61. The number of nitrogens with one attached hydrogen (secondary N) is 1. The van der Waals surface area contributed by atoms with E-state index in [0.29, 0.717) is 25.0 Å². The van der Waals surface area contributed by atoms with E-state index in [9.17, 15) is 4.79 Å². The Morgan fingerprint density at radius 1 is 1.38 bits per heavy atom. The first-order chi connectivity index (χ1) is 10.2. The Labute approximate surface area is 127 Å². The van der Waals surface area contributed by atoms with Gasteiger partial charge in [-0.2, -0.15) is 0 Å². The number of hydrogen-bond donors (Lipinski definition) is 2. The Morgan fingerprint density at radius 3 is 2.71 bits per heavy atom. The van der Waals surface area contributed by atoms with Gasteiger partial charge in [-0.15, -0.1) is 0 Å². The topological polar surface area (TPSA) is 58.4 Å². The highest BCUT2D eigenvalue weighted by molar-refractivity contribution is 5.78. The normalized spacial score (nSPS) is 16.0. The molecule has 1 aliphatic carbocycles. The molecule has 0 spiro atoms. The third kappa shape index (κ3) is 5.48. The molecule has 0 aliphatic heterocycles. The van der Waals surface area contributed by atoms with Crippen molar-refractivity contribution in [2.75, 3.05) is 26.7 Å². The Bertz CT molecular complexity index is 431. The van der Waals surface area contributed by atoms with E-state index in [1.54, 1.807) is 0 Å². The van der Waals surface area contributed by atoms with Gasteiger partial charge in [0.2, 0.25) is 5.91 Å². The van der Waals surface area contributed by atoms with Crippen LogP contribution < -0.4 is 11.1 Å². The van der Waals surface area contributed by atoms with E-state index in [2.05, 4.69) is 22.3 Å². The lowest BCUT2D eigenvalue weighted by Crippen LogP contribution is -2.45. The molecule has 4 nitrogen and oxygen atoms in total. The van der Waals surface area contributed by atoms with E-state index in [4.69, 9.17) is 5.73 Å². The van der Waals surface area contributed by atoms with E-state index in [0.717, 1.165) is 19.4 Å². The lowest BCUT2D eigenvalue weighted by Gasteiger charge is -2.26. The zero-order valence-corrected chi connectivity index (χ0v) is 12.9. The standard InChI is InChI=1S/C17H27N3O/c1-20(16(12-18)15-9-10-15)13-17(21)19-11-5-8-14-6-3-2-4-7-14/h2-4,6-7,15-16H,5,8-13,18H2,1H3,(H,19,21). The van der Waals surface area contributed by atoms with Crippen LogP contribution in [0.4, 0.5) is 0 Å². The summed E-state index contributed by atoms with van der Waals surface area (Å²) in [7, 11) is 2.00. The van der Waals surface area contributed by atoms with Crippen LogP contribution in [0.5, 0.6) is 0 Å². The minimum absolute atomic E-state index is 0.102. The fourth-order valence-electron chi connectivity index (χ4n) is 2.78. The van der Waals surface area contributed by atoms with Crippen LogP contribution in [0.15, 0.2) is 30.3 Å². The smallest absolute Gasteiger partial charge is 0.234 e. The minimum atomic E-state index is 0.102. The van der Waals surface area contributed by atoms with Crippen molar-refractivity contribution in [3.8, 4) is 0 Å². The monoisotopic (exact) mass is 289 g/mol. The summed E-state index contributed by atoms with van der Waals surface area (Å²) in [6, 6.07) is 10.7. The maximum absolute atomic E-state index is 11.9. The maximum Gasteiger partial charge on any atom is 0.234 e. The lowest BCUT2D eigenvalue weighted by molar-refractivity contribution is -0.122. The molecule has 0 aromatic heterocycles. The number of carbonyl (C=O) groups is 1. The first kappa shape index (κ1) is 16.0. The third-order valence-corrected chi connectivity index (χ3v) is 4.17. The molecule has 0 heterocycles. The van der Waals surface area contributed by atoms with E-state index in [1.807, 2.05) is 25.2 Å². The minimum Gasteiger partial charge on any atom is -0.355 e. The van der Waals surface area contributed by atoms with Crippen LogP contribution in [0.25, 0.3) is 0 Å². The van der Waals surface area contributed by atoms with Gasteiger partial charge in [-0.05, 0) is 44.2 Å². The summed E-state index contributed by atoms with van der Waals surface area (Å²) in [4.78, 5) is 14.0. The second-order valence-electron chi connectivity index (χ2n) is 5.99. The van der Waals surface area contributed by atoms with Crippen molar-refractivity contribution in [2.45, 2.75) is 31.7 Å². The highest BCUT2D eigenvalue weighted by Crippen LogP contribution is 2.34. The van der Waals surface area contributed by atoms with Gasteiger partial charge in [0, 0.05) is 19.1 Å². The highest BCUT2D eigenvalue weighted by Gasteiger charge is 2.33. The van der Waals surface area contributed by atoms with Crippen molar-refractivity contribution in [1.29, 1.82) is 0 Å². The van der Waals surface area contributed by atoms with Gasteiger partial charge in [0.05, 0.1) is 6.54 Å². The molecule has 4 heteroatoms. The number of amides is 1. The van der Waals surface area contributed by atoms with Gasteiger partial charge in [0.15, 0.2) is 0 Å². The molecule has 116 valence electrons. The van der Waals surface area contributed by atoms with Crippen molar-refractivity contribution in [3.63, 3.8) is 0 Å². The molecule has 1 amide bonds. The van der Waals surface area contributed by atoms with E-state index in [1.165, 1.54) is 18.4 Å². The number of hydrogen-bond acceptors (Lipinski definition) is 3. The van der Waals surface area contributed by atoms with Crippen molar-refractivity contribution in [3.05, 3.63) is 35.9 Å². The summed E-state index contributed by atoms with van der Waals surface area (Å²) in [5, 5.41) is 3.00. The average Bonchev–Trinajstić information content (AvgIpc) is 3.30. The SMILES string of the molecule is CN(CC(=O)NCCCc1ccccc1)C(CN)C1CC1. The van der Waals surface area contributed by atoms with Crippen molar-refractivity contribution < 1.29 is 4.79 Å². The number of nitrogens with two attached hydrogens (primary N) is 1. The quantitative estimate of drug-likeness (QED) is 0.676. The number of carbonyl (C=O) groups excluding carboxylic acids is 1. The van der Waals surface area contributed by atoms with Crippen LogP contribution in [-0.2, 0) is 11.2 Å². The molecule has 1 unspecified atom stereocenters. The molecule has 3 N–H and O–H groups in total. The van der Waals surface area contributed by atoms with Gasteiger partial charge < -0.3 is 11.1 Å². The summed E-state index contributed by atoms with van der Waals surface area (Å²) < 4.78 is 0. The zero-order valence-electron chi connectivity index (χ0n) is 12.9. The van der Waals surface area contributed by atoms with Crippen LogP contribution in [0, 0.1) is 5.92 Å². The summed E-state index contributed by atoms with van der Waals surface area (Å²) in [6.45, 7) is 1.82. The average molecular weight is 289 g/mol. The number of aryl methyl sites for hydroxylation is 1. The van der Waals surface area contributed by atoms with Gasteiger partial charge in [0.1, 0.15) is 0 Å². The van der Waals surface area contributed by atoms with Crippen molar-refractivity contribution in [2.24, 2.45) is 11.7 Å². The molecule has 1 aromatic carbocycles. The number of nitrogens with zero attached hydrogens (tertiary/aromatic N) is 1. The van der Waals surface area contributed by atoms with Gasteiger partial charge >= 0.3 is 0 Å². The molecule has 2 rings (SSSR count). The molecule has 1 saturated carbocycles. The summed E-state index contributed by atoms with van der Waals surface area (Å²) >= 11 is 0. The summed E-state index contributed by atoms with van der Waals surface area (Å²) in [5.41, 5.74) is 7.12. The fourth-order valence-corrected chi connectivity index (χ4v) is 2.78. The molecule has 1 atom stereocenters. The highest BCUT2D eigenvalue weighted by atomic mass is 16.2. The first-order valence-corrected chi connectivity index (χ1v) is 7.91. The predicted molar refractivity (Wildman–Crippen MR) is 86.0 cm³/mol. The maximum atomic E-state index is 11.9. The third-order valence-electron chi connectivity index (χ3n) is 4.17. The number of rotatable bonds is 9. The van der Waals surface area contributed by atoms with Crippen molar-refractivity contribution >= 4 is 5.91 Å². The van der Waals surface area contributed by atoms with Crippen LogP contribution >= 0.6 is 0 Å².